The average molecular weight is 493 g/mol. The van der Waals surface area contributed by atoms with Crippen LogP contribution in [0.4, 0.5) is 4.39 Å². The first-order valence-corrected chi connectivity index (χ1v) is 11.4. The third-order valence-electron chi connectivity index (χ3n) is 5.93. The van der Waals surface area contributed by atoms with Gasteiger partial charge in [0.2, 0.25) is 0 Å². The molecule has 2 atom stereocenters. The van der Waals surface area contributed by atoms with Crippen molar-refractivity contribution in [1.29, 1.82) is 0 Å². The SMILES string of the molecule is CCC(C(=O)O)n1c2c(c3cc(F)cc(Cl)c31)CC(NC(=O)COc1cccc(Cl)c1)CC2. The fourth-order valence-electron chi connectivity index (χ4n) is 4.54. The lowest BCUT2D eigenvalue weighted by molar-refractivity contribution is -0.141. The molecule has 1 aliphatic rings. The summed E-state index contributed by atoms with van der Waals surface area (Å²) in [6.45, 7) is 1.63. The number of aliphatic carboxylic acids is 1. The summed E-state index contributed by atoms with van der Waals surface area (Å²) in [5.74, 6) is -1.24. The minimum absolute atomic E-state index is 0.164. The van der Waals surface area contributed by atoms with E-state index in [9.17, 15) is 19.1 Å². The summed E-state index contributed by atoms with van der Waals surface area (Å²) >= 11 is 12.3. The van der Waals surface area contributed by atoms with Crippen molar-refractivity contribution in [2.24, 2.45) is 0 Å². The second kappa shape index (κ2) is 9.61. The highest BCUT2D eigenvalue weighted by Gasteiger charge is 2.32. The highest BCUT2D eigenvalue weighted by atomic mass is 35.5. The summed E-state index contributed by atoms with van der Waals surface area (Å²) in [6.07, 6.45) is 1.95. The molecule has 1 heterocycles. The summed E-state index contributed by atoms with van der Waals surface area (Å²) in [5.41, 5.74) is 2.17. The molecule has 174 valence electrons. The Labute approximate surface area is 200 Å². The minimum atomic E-state index is -0.966. The van der Waals surface area contributed by atoms with E-state index >= 15 is 0 Å². The molecule has 0 fully saturated rings. The number of benzene rings is 2. The summed E-state index contributed by atoms with van der Waals surface area (Å²) in [6, 6.07) is 8.37. The van der Waals surface area contributed by atoms with E-state index in [1.54, 1.807) is 35.8 Å². The molecule has 6 nitrogen and oxygen atoms in total. The molecule has 0 bridgehead atoms. The van der Waals surface area contributed by atoms with E-state index in [0.29, 0.717) is 47.4 Å². The fraction of sp³-hybridized carbons (Fsp3) is 0.333. The summed E-state index contributed by atoms with van der Waals surface area (Å²) in [4.78, 5) is 24.4. The van der Waals surface area contributed by atoms with Gasteiger partial charge in [0.05, 0.1) is 10.5 Å². The number of carboxylic acids is 1. The second-order valence-electron chi connectivity index (χ2n) is 8.09. The van der Waals surface area contributed by atoms with Crippen LogP contribution in [0, 0.1) is 5.82 Å². The highest BCUT2D eigenvalue weighted by Crippen LogP contribution is 2.39. The van der Waals surface area contributed by atoms with E-state index in [1.807, 2.05) is 0 Å². The van der Waals surface area contributed by atoms with Gasteiger partial charge >= 0.3 is 5.97 Å². The first kappa shape index (κ1) is 23.4. The van der Waals surface area contributed by atoms with Crippen LogP contribution in [0.25, 0.3) is 10.9 Å². The van der Waals surface area contributed by atoms with E-state index in [-0.39, 0.29) is 23.6 Å². The maximum atomic E-state index is 14.2. The number of carboxylic acid groups (broad SMARTS) is 1. The molecule has 0 radical (unpaired) electrons. The number of halogens is 3. The molecule has 2 aromatic carbocycles. The number of fused-ring (bicyclic) bond motifs is 3. The van der Waals surface area contributed by atoms with Crippen molar-refractivity contribution < 1.29 is 23.8 Å². The molecule has 1 aliphatic carbocycles. The Bertz CT molecular complexity index is 1230. The Morgan fingerprint density at radius 3 is 2.79 bits per heavy atom. The molecule has 0 spiro atoms. The monoisotopic (exact) mass is 492 g/mol. The van der Waals surface area contributed by atoms with Crippen LogP contribution >= 0.6 is 23.2 Å². The van der Waals surface area contributed by atoms with Crippen LogP contribution in [0.15, 0.2) is 36.4 Å². The number of carbonyl (C=O) groups excluding carboxylic acids is 1. The summed E-state index contributed by atoms with van der Waals surface area (Å²) in [7, 11) is 0. The molecule has 1 amide bonds. The lowest BCUT2D eigenvalue weighted by Gasteiger charge is -2.26. The Morgan fingerprint density at radius 1 is 1.30 bits per heavy atom. The van der Waals surface area contributed by atoms with E-state index in [0.717, 1.165) is 11.3 Å². The van der Waals surface area contributed by atoms with Crippen molar-refractivity contribution in [3.63, 3.8) is 0 Å². The van der Waals surface area contributed by atoms with Gasteiger partial charge in [-0.05, 0) is 61.6 Å². The van der Waals surface area contributed by atoms with Crippen molar-refractivity contribution in [2.45, 2.75) is 44.7 Å². The number of nitrogens with zero attached hydrogens (tertiary/aromatic N) is 1. The second-order valence-corrected chi connectivity index (χ2v) is 8.94. The van der Waals surface area contributed by atoms with Crippen LogP contribution in [-0.4, -0.2) is 34.2 Å². The summed E-state index contributed by atoms with van der Waals surface area (Å²) in [5, 5.41) is 14.0. The van der Waals surface area contributed by atoms with Gasteiger partial charge in [-0.25, -0.2) is 9.18 Å². The van der Waals surface area contributed by atoms with Gasteiger partial charge in [0.1, 0.15) is 17.6 Å². The Morgan fingerprint density at radius 2 is 2.09 bits per heavy atom. The van der Waals surface area contributed by atoms with E-state index < -0.39 is 17.8 Å². The van der Waals surface area contributed by atoms with Crippen LogP contribution in [0.3, 0.4) is 0 Å². The zero-order valence-electron chi connectivity index (χ0n) is 17.9. The largest absolute Gasteiger partial charge is 0.484 e. The average Bonchev–Trinajstić information content (AvgIpc) is 3.06. The van der Waals surface area contributed by atoms with Crippen LogP contribution in [0.5, 0.6) is 5.75 Å². The van der Waals surface area contributed by atoms with Crippen LogP contribution in [0.2, 0.25) is 10.0 Å². The van der Waals surface area contributed by atoms with Crippen molar-refractivity contribution in [2.75, 3.05) is 6.61 Å². The lowest BCUT2D eigenvalue weighted by Crippen LogP contribution is -2.41. The van der Waals surface area contributed by atoms with Crippen LogP contribution in [0.1, 0.15) is 37.1 Å². The third kappa shape index (κ3) is 4.80. The molecule has 2 N–H and O–H groups in total. The molecule has 2 unspecified atom stereocenters. The van der Waals surface area contributed by atoms with Gasteiger partial charge in [0, 0.05) is 22.1 Å². The topological polar surface area (TPSA) is 80.6 Å². The Kier molecular flexibility index (Phi) is 6.81. The summed E-state index contributed by atoms with van der Waals surface area (Å²) < 4.78 is 21.4. The van der Waals surface area contributed by atoms with Crippen molar-refractivity contribution in [3.8, 4) is 5.75 Å². The van der Waals surface area contributed by atoms with Gasteiger partial charge < -0.3 is 19.7 Å². The number of nitrogens with one attached hydrogen (secondary N) is 1. The van der Waals surface area contributed by atoms with Crippen LogP contribution < -0.4 is 10.1 Å². The number of aromatic nitrogens is 1. The molecule has 3 aromatic rings. The van der Waals surface area contributed by atoms with Gasteiger partial charge in [0.15, 0.2) is 6.61 Å². The Hall–Kier alpha value is -2.77. The van der Waals surface area contributed by atoms with Gasteiger partial charge in [-0.1, -0.05) is 36.2 Å². The molecule has 9 heteroatoms. The van der Waals surface area contributed by atoms with E-state index in [2.05, 4.69) is 5.32 Å². The molecule has 0 saturated carbocycles. The van der Waals surface area contributed by atoms with E-state index in [1.165, 1.54) is 12.1 Å². The lowest BCUT2D eigenvalue weighted by atomic mass is 9.91. The van der Waals surface area contributed by atoms with E-state index in [4.69, 9.17) is 27.9 Å². The predicted molar refractivity (Wildman–Crippen MR) is 125 cm³/mol. The van der Waals surface area contributed by atoms with Crippen molar-refractivity contribution in [3.05, 3.63) is 63.5 Å². The van der Waals surface area contributed by atoms with Gasteiger partial charge in [0.25, 0.3) is 5.91 Å². The molecule has 1 aromatic heterocycles. The number of rotatable bonds is 7. The third-order valence-corrected chi connectivity index (χ3v) is 6.45. The zero-order valence-corrected chi connectivity index (χ0v) is 19.4. The molecule has 0 aliphatic heterocycles. The van der Waals surface area contributed by atoms with Gasteiger partial charge in [-0.2, -0.15) is 0 Å². The maximum absolute atomic E-state index is 14.2. The quantitative estimate of drug-likeness (QED) is 0.476. The number of hydrogen-bond acceptors (Lipinski definition) is 3. The van der Waals surface area contributed by atoms with Gasteiger partial charge in [-0.15, -0.1) is 0 Å². The highest BCUT2D eigenvalue weighted by molar-refractivity contribution is 6.35. The molecule has 33 heavy (non-hydrogen) atoms. The standard InChI is InChI=1S/C24H23Cl2FN2O4/c1-2-20(24(31)32)29-21-7-6-15(11-17(21)18-9-14(27)10-19(26)23(18)29)28-22(30)12-33-16-5-3-4-13(25)8-16/h3-5,8-10,15,20H,2,6-7,11-12H2,1H3,(H,28,30)(H,31,32). The number of carbonyl (C=O) groups is 2. The first-order valence-electron chi connectivity index (χ1n) is 10.7. The normalized spacial score (nSPS) is 16.3. The first-order chi connectivity index (χ1) is 15.8. The Balaban J connectivity index is 1.58. The molecule has 4 rings (SSSR count). The number of hydrogen-bond donors (Lipinski definition) is 2. The predicted octanol–water partition coefficient (Wildman–Crippen LogP) is 5.18. The zero-order chi connectivity index (χ0) is 23.7. The molecule has 0 saturated heterocycles. The van der Waals surface area contributed by atoms with Gasteiger partial charge in [-0.3, -0.25) is 4.79 Å². The number of ether oxygens (including phenoxy) is 1. The molecular formula is C24H23Cl2FN2O4. The minimum Gasteiger partial charge on any atom is -0.484 e. The van der Waals surface area contributed by atoms with Crippen molar-refractivity contribution >= 4 is 46.0 Å². The van der Waals surface area contributed by atoms with Crippen molar-refractivity contribution in [1.82, 2.24) is 9.88 Å². The fourth-order valence-corrected chi connectivity index (χ4v) is 5.02. The molecular weight excluding hydrogens is 470 g/mol. The van der Waals surface area contributed by atoms with Crippen LogP contribution in [-0.2, 0) is 22.4 Å². The maximum Gasteiger partial charge on any atom is 0.326 e. The number of amides is 1. The smallest absolute Gasteiger partial charge is 0.326 e.